The average molecular weight is 348 g/mol. The zero-order valence-corrected chi connectivity index (χ0v) is 14.1. The summed E-state index contributed by atoms with van der Waals surface area (Å²) >= 11 is 0. The second kappa shape index (κ2) is 9.61. The van der Waals surface area contributed by atoms with Crippen LogP contribution >= 0.6 is 0 Å². The Kier molecular flexibility index (Phi) is 7.19. The second-order valence-electron chi connectivity index (χ2n) is 5.52. The topological polar surface area (TPSA) is 41.6 Å². The molecule has 0 aliphatic heterocycles. The van der Waals surface area contributed by atoms with E-state index in [1.54, 1.807) is 6.07 Å². The molecule has 6 heteroatoms. The van der Waals surface area contributed by atoms with Crippen molar-refractivity contribution in [3.63, 3.8) is 0 Å². The van der Waals surface area contributed by atoms with Gasteiger partial charge in [0.2, 0.25) is 0 Å². The van der Waals surface area contributed by atoms with Gasteiger partial charge in [0.25, 0.3) is 6.43 Å². The lowest BCUT2D eigenvalue weighted by Gasteiger charge is -2.22. The Bertz CT molecular complexity index is 665. The average Bonchev–Trinajstić information content (AvgIpc) is 2.61. The third-order valence-electron chi connectivity index (χ3n) is 3.51. The molecule has 2 amide bonds. The Morgan fingerprint density at radius 1 is 1.12 bits per heavy atom. The molecule has 0 aromatic heterocycles. The number of halogens is 2. The first-order valence-electron chi connectivity index (χ1n) is 8.22. The van der Waals surface area contributed by atoms with Gasteiger partial charge in [0.05, 0.1) is 6.54 Å². The zero-order chi connectivity index (χ0) is 18.1. The van der Waals surface area contributed by atoms with E-state index < -0.39 is 19.0 Å². The molecule has 0 bridgehead atoms. The molecule has 0 spiro atoms. The molecule has 0 radical (unpaired) electrons. The van der Waals surface area contributed by atoms with Crippen LogP contribution in [-0.2, 0) is 6.54 Å². The van der Waals surface area contributed by atoms with Crippen molar-refractivity contribution in [3.8, 4) is 11.5 Å². The molecule has 2 aromatic carbocycles. The smallest absolute Gasteiger partial charge is 0.317 e. The number of carbonyl (C=O) groups excluding carboxylic acids is 1. The van der Waals surface area contributed by atoms with Gasteiger partial charge in [-0.25, -0.2) is 13.6 Å². The van der Waals surface area contributed by atoms with Gasteiger partial charge in [-0.15, -0.1) is 0 Å². The van der Waals surface area contributed by atoms with Crippen LogP contribution < -0.4 is 10.1 Å². The highest BCUT2D eigenvalue weighted by Gasteiger charge is 2.17. The Balaban J connectivity index is 2.01. The number of amides is 2. The number of para-hydroxylation sites is 2. The van der Waals surface area contributed by atoms with Crippen LogP contribution in [0, 0.1) is 0 Å². The molecule has 4 nitrogen and oxygen atoms in total. The molecule has 0 fully saturated rings. The van der Waals surface area contributed by atoms with E-state index in [1.807, 2.05) is 55.5 Å². The predicted octanol–water partition coefficient (Wildman–Crippen LogP) is 4.67. The highest BCUT2D eigenvalue weighted by molar-refractivity contribution is 5.74. The SMILES string of the molecule is CCCN(CC(F)F)C(=O)NCc1ccccc1Oc1ccccc1. The third kappa shape index (κ3) is 6.06. The summed E-state index contributed by atoms with van der Waals surface area (Å²) in [6.07, 6.45) is -1.93. The molecule has 134 valence electrons. The van der Waals surface area contributed by atoms with Crippen molar-refractivity contribution in [2.75, 3.05) is 13.1 Å². The number of hydrogen-bond acceptors (Lipinski definition) is 2. The van der Waals surface area contributed by atoms with E-state index in [0.717, 1.165) is 10.5 Å². The van der Waals surface area contributed by atoms with Crippen LogP contribution in [0.5, 0.6) is 11.5 Å². The number of ether oxygens (including phenoxy) is 1. The summed E-state index contributed by atoms with van der Waals surface area (Å²) in [6, 6.07) is 16.1. The number of rotatable bonds is 8. The standard InChI is InChI=1S/C19H22F2N2O2/c1-2-12-23(14-18(20)21)19(24)22-13-15-8-6-7-11-17(15)25-16-9-4-3-5-10-16/h3-11,18H,2,12-14H2,1H3,(H,22,24). The number of alkyl halides is 2. The monoisotopic (exact) mass is 348 g/mol. The Labute approximate surface area is 146 Å². The summed E-state index contributed by atoms with van der Waals surface area (Å²) in [7, 11) is 0. The fourth-order valence-electron chi connectivity index (χ4n) is 2.36. The molecule has 2 rings (SSSR count). The molecule has 2 aromatic rings. The molecule has 25 heavy (non-hydrogen) atoms. The Hall–Kier alpha value is -2.63. The molecule has 0 aliphatic rings. The van der Waals surface area contributed by atoms with Gasteiger partial charge < -0.3 is 15.0 Å². The van der Waals surface area contributed by atoms with Crippen LogP contribution in [0.25, 0.3) is 0 Å². The van der Waals surface area contributed by atoms with E-state index in [4.69, 9.17) is 4.74 Å². The van der Waals surface area contributed by atoms with Gasteiger partial charge in [0.1, 0.15) is 11.5 Å². The summed E-state index contributed by atoms with van der Waals surface area (Å²) in [5.74, 6) is 1.30. The van der Waals surface area contributed by atoms with E-state index in [1.165, 1.54) is 0 Å². The van der Waals surface area contributed by atoms with Crippen molar-refractivity contribution in [1.82, 2.24) is 10.2 Å². The fourth-order valence-corrected chi connectivity index (χ4v) is 2.36. The molecular formula is C19H22F2N2O2. The maximum absolute atomic E-state index is 12.6. The first kappa shape index (κ1) is 18.7. The second-order valence-corrected chi connectivity index (χ2v) is 5.52. The van der Waals surface area contributed by atoms with Gasteiger partial charge in [0.15, 0.2) is 0 Å². The summed E-state index contributed by atoms with van der Waals surface area (Å²) in [5.41, 5.74) is 0.771. The van der Waals surface area contributed by atoms with Crippen LogP contribution in [0.2, 0.25) is 0 Å². The summed E-state index contributed by atoms with van der Waals surface area (Å²) in [4.78, 5) is 13.3. The highest BCUT2D eigenvalue weighted by Crippen LogP contribution is 2.24. The summed E-state index contributed by atoms with van der Waals surface area (Å²) < 4.78 is 31.0. The molecule has 0 aliphatic carbocycles. The van der Waals surface area contributed by atoms with Gasteiger partial charge >= 0.3 is 6.03 Å². The van der Waals surface area contributed by atoms with Crippen molar-refractivity contribution in [2.45, 2.75) is 26.3 Å². The fraction of sp³-hybridized carbons (Fsp3) is 0.316. The molecule has 1 N–H and O–H groups in total. The van der Waals surface area contributed by atoms with Gasteiger partial charge in [-0.05, 0) is 24.6 Å². The molecule has 0 unspecified atom stereocenters. The van der Waals surface area contributed by atoms with Gasteiger partial charge in [-0.1, -0.05) is 43.3 Å². The van der Waals surface area contributed by atoms with E-state index in [0.29, 0.717) is 24.5 Å². The van der Waals surface area contributed by atoms with Gasteiger partial charge in [0, 0.05) is 18.7 Å². The van der Waals surface area contributed by atoms with Crippen molar-refractivity contribution in [1.29, 1.82) is 0 Å². The van der Waals surface area contributed by atoms with Gasteiger partial charge in [-0.2, -0.15) is 0 Å². The number of nitrogens with zero attached hydrogens (tertiary/aromatic N) is 1. The number of benzene rings is 2. The van der Waals surface area contributed by atoms with Crippen LogP contribution in [0.3, 0.4) is 0 Å². The molecule has 0 heterocycles. The van der Waals surface area contributed by atoms with E-state index >= 15 is 0 Å². The zero-order valence-electron chi connectivity index (χ0n) is 14.1. The first-order valence-corrected chi connectivity index (χ1v) is 8.22. The summed E-state index contributed by atoms with van der Waals surface area (Å²) in [6.45, 7) is 1.76. The molecule has 0 saturated heterocycles. The van der Waals surface area contributed by atoms with Crippen LogP contribution in [0.4, 0.5) is 13.6 Å². The Morgan fingerprint density at radius 2 is 1.80 bits per heavy atom. The van der Waals surface area contributed by atoms with Crippen LogP contribution in [0.15, 0.2) is 54.6 Å². The lowest BCUT2D eigenvalue weighted by Crippen LogP contribution is -2.42. The number of urea groups is 1. The van der Waals surface area contributed by atoms with Gasteiger partial charge in [-0.3, -0.25) is 0 Å². The van der Waals surface area contributed by atoms with Crippen molar-refractivity contribution in [3.05, 3.63) is 60.2 Å². The molecule has 0 atom stereocenters. The quantitative estimate of drug-likeness (QED) is 0.753. The van der Waals surface area contributed by atoms with Crippen molar-refractivity contribution < 1.29 is 18.3 Å². The number of nitrogens with one attached hydrogen (secondary N) is 1. The third-order valence-corrected chi connectivity index (χ3v) is 3.51. The minimum atomic E-state index is -2.55. The maximum Gasteiger partial charge on any atom is 0.317 e. The van der Waals surface area contributed by atoms with E-state index in [-0.39, 0.29) is 6.54 Å². The molecular weight excluding hydrogens is 326 g/mol. The normalized spacial score (nSPS) is 10.6. The number of hydrogen-bond donors (Lipinski definition) is 1. The lowest BCUT2D eigenvalue weighted by molar-refractivity contribution is 0.0982. The van der Waals surface area contributed by atoms with Crippen LogP contribution in [-0.4, -0.2) is 30.4 Å². The van der Waals surface area contributed by atoms with E-state index in [9.17, 15) is 13.6 Å². The largest absolute Gasteiger partial charge is 0.457 e. The first-order chi connectivity index (χ1) is 12.1. The van der Waals surface area contributed by atoms with Crippen LogP contribution in [0.1, 0.15) is 18.9 Å². The van der Waals surface area contributed by atoms with E-state index in [2.05, 4.69) is 5.32 Å². The van der Waals surface area contributed by atoms with Crippen molar-refractivity contribution >= 4 is 6.03 Å². The maximum atomic E-state index is 12.6. The molecule has 0 saturated carbocycles. The Morgan fingerprint density at radius 3 is 2.48 bits per heavy atom. The van der Waals surface area contributed by atoms with Crippen molar-refractivity contribution in [2.24, 2.45) is 0 Å². The minimum absolute atomic E-state index is 0.200. The highest BCUT2D eigenvalue weighted by atomic mass is 19.3. The number of carbonyl (C=O) groups is 1. The predicted molar refractivity (Wildman–Crippen MR) is 93.1 cm³/mol. The lowest BCUT2D eigenvalue weighted by atomic mass is 10.2. The summed E-state index contributed by atoms with van der Waals surface area (Å²) in [5, 5.41) is 2.69. The minimum Gasteiger partial charge on any atom is -0.457 e.